The minimum Gasteiger partial charge on any atom is -0.393 e. The summed E-state index contributed by atoms with van der Waals surface area (Å²) in [6.07, 6.45) is 8.46. The SMILES string of the molecule is N=C(/C=C\c1ncc(-c2cccc(N3CCC(O)CC3)n2)[nH]1)N1CCC[C@@H]1c1cccc(F)c1. The first-order valence-corrected chi connectivity index (χ1v) is 11.8. The maximum atomic E-state index is 13.7. The molecule has 2 saturated heterocycles. The van der Waals surface area contributed by atoms with Crippen LogP contribution in [0.1, 0.15) is 43.1 Å². The van der Waals surface area contributed by atoms with Crippen LogP contribution in [0.2, 0.25) is 0 Å². The molecule has 3 N–H and O–H groups in total. The number of rotatable bonds is 5. The van der Waals surface area contributed by atoms with Crippen molar-refractivity contribution in [2.24, 2.45) is 0 Å². The molecule has 0 amide bonds. The van der Waals surface area contributed by atoms with Gasteiger partial charge in [0.15, 0.2) is 0 Å². The van der Waals surface area contributed by atoms with Gasteiger partial charge in [-0.3, -0.25) is 5.41 Å². The minimum absolute atomic E-state index is 0.0165. The fraction of sp³-hybridized carbons (Fsp3) is 0.346. The molecule has 2 aliphatic heterocycles. The van der Waals surface area contributed by atoms with Crippen LogP contribution in [0.25, 0.3) is 17.5 Å². The Bertz CT molecular complexity index is 1180. The summed E-state index contributed by atoms with van der Waals surface area (Å²) in [6, 6.07) is 12.6. The van der Waals surface area contributed by atoms with E-state index in [4.69, 9.17) is 10.4 Å². The van der Waals surface area contributed by atoms with E-state index in [9.17, 15) is 9.50 Å². The number of nitrogens with one attached hydrogen (secondary N) is 2. The summed E-state index contributed by atoms with van der Waals surface area (Å²) in [5.41, 5.74) is 2.52. The number of hydrogen-bond donors (Lipinski definition) is 3. The highest BCUT2D eigenvalue weighted by Gasteiger charge is 2.27. The maximum Gasteiger partial charge on any atom is 0.130 e. The van der Waals surface area contributed by atoms with Crippen molar-refractivity contribution in [3.05, 3.63) is 71.9 Å². The summed E-state index contributed by atoms with van der Waals surface area (Å²) in [5, 5.41) is 18.3. The molecule has 1 atom stereocenters. The first kappa shape index (κ1) is 22.3. The Morgan fingerprint density at radius 3 is 2.76 bits per heavy atom. The predicted molar refractivity (Wildman–Crippen MR) is 131 cm³/mol. The molecule has 3 aromatic rings. The number of hydrogen-bond acceptors (Lipinski definition) is 5. The van der Waals surface area contributed by atoms with Crippen LogP contribution < -0.4 is 4.90 Å². The molecule has 34 heavy (non-hydrogen) atoms. The summed E-state index contributed by atoms with van der Waals surface area (Å²) in [4.78, 5) is 16.7. The molecule has 8 heteroatoms. The Morgan fingerprint density at radius 2 is 1.94 bits per heavy atom. The summed E-state index contributed by atoms with van der Waals surface area (Å²) in [7, 11) is 0. The van der Waals surface area contributed by atoms with Gasteiger partial charge in [-0.15, -0.1) is 0 Å². The molecule has 0 saturated carbocycles. The Balaban J connectivity index is 1.27. The van der Waals surface area contributed by atoms with Gasteiger partial charge in [0, 0.05) is 19.6 Å². The van der Waals surface area contributed by atoms with Crippen LogP contribution >= 0.6 is 0 Å². The lowest BCUT2D eigenvalue weighted by Gasteiger charge is -2.30. The minimum atomic E-state index is -0.245. The zero-order valence-electron chi connectivity index (χ0n) is 19.0. The Morgan fingerprint density at radius 1 is 1.12 bits per heavy atom. The van der Waals surface area contributed by atoms with Crippen molar-refractivity contribution in [3.63, 3.8) is 0 Å². The van der Waals surface area contributed by atoms with Gasteiger partial charge in [-0.2, -0.15) is 0 Å². The number of halogens is 1. The molecule has 0 bridgehead atoms. The number of imidazole rings is 1. The highest BCUT2D eigenvalue weighted by molar-refractivity contribution is 5.94. The average molecular weight is 461 g/mol. The van der Waals surface area contributed by atoms with E-state index in [0.717, 1.165) is 68.1 Å². The van der Waals surface area contributed by atoms with Gasteiger partial charge in [0.1, 0.15) is 23.3 Å². The molecular weight excluding hydrogens is 431 g/mol. The van der Waals surface area contributed by atoms with Gasteiger partial charge in [0.2, 0.25) is 0 Å². The number of aliphatic hydroxyl groups excluding tert-OH is 1. The Kier molecular flexibility index (Phi) is 6.40. The third-order valence-electron chi connectivity index (χ3n) is 6.59. The molecule has 1 aromatic carbocycles. The van der Waals surface area contributed by atoms with Crippen LogP contribution in [0.4, 0.5) is 10.2 Å². The van der Waals surface area contributed by atoms with E-state index in [0.29, 0.717) is 11.7 Å². The molecule has 2 aliphatic rings. The number of piperidine rings is 1. The molecule has 5 rings (SSSR count). The van der Waals surface area contributed by atoms with Gasteiger partial charge in [0.25, 0.3) is 0 Å². The van der Waals surface area contributed by atoms with Gasteiger partial charge >= 0.3 is 0 Å². The summed E-state index contributed by atoms with van der Waals surface area (Å²) >= 11 is 0. The Hall–Kier alpha value is -3.52. The van der Waals surface area contributed by atoms with Crippen molar-refractivity contribution >= 4 is 17.7 Å². The first-order valence-electron chi connectivity index (χ1n) is 11.8. The van der Waals surface area contributed by atoms with Gasteiger partial charge in [-0.25, -0.2) is 14.4 Å². The number of aromatic amines is 1. The molecule has 0 radical (unpaired) electrons. The standard InChI is InChI=1S/C26H29FN6O/c27-19-5-1-4-18(16-19)23-7-3-13-33(23)24(28)9-10-25-29-17-22(30-25)21-6-2-8-26(31-21)32-14-11-20(34)12-15-32/h1-2,4-6,8-10,16-17,20,23,28,34H,3,7,11-15H2,(H,29,30)/b10-9-,28-24?/t23-/m1/s1. The van der Waals surface area contributed by atoms with Gasteiger partial charge in [-0.05, 0) is 67.7 Å². The zero-order valence-corrected chi connectivity index (χ0v) is 19.0. The lowest BCUT2D eigenvalue weighted by atomic mass is 10.0. The fourth-order valence-electron chi connectivity index (χ4n) is 4.76. The van der Waals surface area contributed by atoms with Crippen molar-refractivity contribution in [2.75, 3.05) is 24.5 Å². The van der Waals surface area contributed by atoms with Crippen molar-refractivity contribution in [3.8, 4) is 11.4 Å². The van der Waals surface area contributed by atoms with E-state index in [2.05, 4.69) is 14.9 Å². The van der Waals surface area contributed by atoms with Crippen LogP contribution in [0.15, 0.2) is 54.7 Å². The second kappa shape index (κ2) is 9.77. The first-order chi connectivity index (χ1) is 16.6. The monoisotopic (exact) mass is 460 g/mol. The molecule has 176 valence electrons. The topological polar surface area (TPSA) is 92.1 Å². The number of benzene rings is 1. The number of likely N-dealkylation sites (tertiary alicyclic amines) is 1. The van der Waals surface area contributed by atoms with Crippen molar-refractivity contribution in [1.29, 1.82) is 5.41 Å². The third kappa shape index (κ3) is 4.87. The molecular formula is C26H29FN6O. The largest absolute Gasteiger partial charge is 0.393 e. The Labute approximate surface area is 198 Å². The van der Waals surface area contributed by atoms with Crippen LogP contribution in [-0.2, 0) is 0 Å². The highest BCUT2D eigenvalue weighted by Crippen LogP contribution is 2.32. The maximum absolute atomic E-state index is 13.7. The number of pyridine rings is 1. The summed E-state index contributed by atoms with van der Waals surface area (Å²) < 4.78 is 13.7. The van der Waals surface area contributed by atoms with Crippen molar-refractivity contribution in [1.82, 2.24) is 19.9 Å². The van der Waals surface area contributed by atoms with E-state index in [1.165, 1.54) is 6.07 Å². The molecule has 0 unspecified atom stereocenters. The van der Waals surface area contributed by atoms with E-state index < -0.39 is 0 Å². The lowest BCUT2D eigenvalue weighted by Crippen LogP contribution is -2.36. The van der Waals surface area contributed by atoms with Crippen LogP contribution in [-0.4, -0.2) is 56.5 Å². The number of aliphatic hydroxyl groups is 1. The molecule has 2 fully saturated rings. The van der Waals surface area contributed by atoms with Gasteiger partial charge < -0.3 is 19.9 Å². The number of aromatic nitrogens is 3. The molecule has 2 aromatic heterocycles. The quantitative estimate of drug-likeness (QED) is 0.388. The normalized spacial score (nSPS) is 19.3. The molecule has 4 heterocycles. The van der Waals surface area contributed by atoms with Crippen LogP contribution in [0.5, 0.6) is 0 Å². The second-order valence-corrected chi connectivity index (χ2v) is 8.91. The summed E-state index contributed by atoms with van der Waals surface area (Å²) in [6.45, 7) is 2.37. The number of anilines is 1. The molecule has 7 nitrogen and oxygen atoms in total. The van der Waals surface area contributed by atoms with Crippen LogP contribution in [0, 0.1) is 11.2 Å². The number of H-pyrrole nitrogens is 1. The van der Waals surface area contributed by atoms with E-state index in [1.54, 1.807) is 30.5 Å². The van der Waals surface area contributed by atoms with E-state index in [-0.39, 0.29) is 18.0 Å². The van der Waals surface area contributed by atoms with Gasteiger partial charge in [0.05, 0.1) is 29.7 Å². The number of nitrogens with zero attached hydrogens (tertiary/aromatic N) is 4. The second-order valence-electron chi connectivity index (χ2n) is 8.91. The highest BCUT2D eigenvalue weighted by atomic mass is 19.1. The van der Waals surface area contributed by atoms with Crippen LogP contribution in [0.3, 0.4) is 0 Å². The van der Waals surface area contributed by atoms with E-state index >= 15 is 0 Å². The van der Waals surface area contributed by atoms with Crippen molar-refractivity contribution < 1.29 is 9.50 Å². The molecule has 0 spiro atoms. The smallest absolute Gasteiger partial charge is 0.130 e. The molecule has 0 aliphatic carbocycles. The predicted octanol–water partition coefficient (Wildman–Crippen LogP) is 4.40. The number of amidine groups is 1. The summed E-state index contributed by atoms with van der Waals surface area (Å²) in [5.74, 6) is 1.69. The third-order valence-corrected chi connectivity index (χ3v) is 6.59. The van der Waals surface area contributed by atoms with Crippen molar-refractivity contribution in [2.45, 2.75) is 37.8 Å². The zero-order chi connectivity index (χ0) is 23.5. The fourth-order valence-corrected chi connectivity index (χ4v) is 4.76. The van der Waals surface area contributed by atoms with Gasteiger partial charge in [-0.1, -0.05) is 18.2 Å². The average Bonchev–Trinajstić information content (AvgIpc) is 3.53. The lowest BCUT2D eigenvalue weighted by molar-refractivity contribution is 0.145. The van der Waals surface area contributed by atoms with E-state index in [1.807, 2.05) is 29.2 Å².